The fraction of sp³-hybridized carbons (Fsp3) is 0.550. The van der Waals surface area contributed by atoms with E-state index in [0.717, 1.165) is 12.8 Å². The normalized spacial score (nSPS) is 28.1. The molecule has 29 heavy (non-hydrogen) atoms. The average molecular weight is 421 g/mol. The first-order valence-electron chi connectivity index (χ1n) is 9.91. The number of amides is 4. The van der Waals surface area contributed by atoms with Crippen molar-refractivity contribution in [3.8, 4) is 0 Å². The molecule has 0 bridgehead atoms. The monoisotopic (exact) mass is 420 g/mol. The second-order valence-corrected chi connectivity index (χ2v) is 8.32. The van der Waals surface area contributed by atoms with E-state index in [1.54, 1.807) is 31.2 Å². The van der Waals surface area contributed by atoms with E-state index in [1.807, 2.05) is 9.80 Å². The van der Waals surface area contributed by atoms with Gasteiger partial charge in [-0.15, -0.1) is 0 Å². The van der Waals surface area contributed by atoms with Gasteiger partial charge in [-0.25, -0.2) is 9.69 Å². The molecule has 1 aromatic carbocycles. The van der Waals surface area contributed by atoms with Gasteiger partial charge in [0.2, 0.25) is 0 Å². The van der Waals surface area contributed by atoms with Crippen LogP contribution >= 0.6 is 11.6 Å². The van der Waals surface area contributed by atoms with E-state index >= 15 is 0 Å². The number of urea groups is 1. The summed E-state index contributed by atoms with van der Waals surface area (Å²) in [5.41, 5.74) is -0.422. The summed E-state index contributed by atoms with van der Waals surface area (Å²) in [7, 11) is 0. The minimum absolute atomic E-state index is 0.0486. The molecule has 2 atom stereocenters. The number of halogens is 1. The highest BCUT2D eigenvalue weighted by Crippen LogP contribution is 2.30. The summed E-state index contributed by atoms with van der Waals surface area (Å²) in [6.45, 7) is 4.90. The van der Waals surface area contributed by atoms with E-state index in [9.17, 15) is 14.4 Å². The molecule has 8 nitrogen and oxygen atoms in total. The van der Waals surface area contributed by atoms with Crippen LogP contribution in [0.15, 0.2) is 24.3 Å². The summed E-state index contributed by atoms with van der Waals surface area (Å²) in [5, 5.41) is 3.38. The second-order valence-electron chi connectivity index (χ2n) is 7.88. The summed E-state index contributed by atoms with van der Waals surface area (Å²) >= 11 is 5.94. The van der Waals surface area contributed by atoms with Crippen LogP contribution < -0.4 is 5.32 Å². The third-order valence-electron chi connectivity index (χ3n) is 5.93. The van der Waals surface area contributed by atoms with Crippen molar-refractivity contribution in [3.05, 3.63) is 34.9 Å². The molecule has 0 spiro atoms. The highest BCUT2D eigenvalue weighted by Gasteiger charge is 2.49. The number of carbonyl (C=O) groups excluding carboxylic acids is 3. The molecule has 1 N–H and O–H groups in total. The first-order chi connectivity index (χ1) is 13.9. The van der Waals surface area contributed by atoms with E-state index in [1.165, 1.54) is 4.90 Å². The zero-order chi connectivity index (χ0) is 20.6. The number of benzene rings is 1. The van der Waals surface area contributed by atoms with Crippen molar-refractivity contribution >= 4 is 29.4 Å². The summed E-state index contributed by atoms with van der Waals surface area (Å²) in [6, 6.07) is 6.49. The summed E-state index contributed by atoms with van der Waals surface area (Å²) in [5.74, 6) is -0.241. The molecule has 4 amide bonds. The van der Waals surface area contributed by atoms with Crippen molar-refractivity contribution in [1.29, 1.82) is 0 Å². The molecule has 0 aromatic heterocycles. The lowest BCUT2D eigenvalue weighted by Crippen LogP contribution is -2.54. The molecule has 3 aliphatic rings. The standard InChI is InChI=1S/C20H25ClN4O4/c1-20(14-4-6-15(21)7-5-14)18(27)25(19(28)22-20)13-23-8-10-24(11-9-23)17(26)16-3-2-12-29-16/h4-7,16H,2-3,8-13H2,1H3,(H,22,28)/t16-,20-/m1/s1. The Morgan fingerprint density at radius 1 is 1.21 bits per heavy atom. The van der Waals surface area contributed by atoms with E-state index in [-0.39, 0.29) is 24.6 Å². The van der Waals surface area contributed by atoms with Gasteiger partial charge in [0.1, 0.15) is 11.6 Å². The van der Waals surface area contributed by atoms with Gasteiger partial charge >= 0.3 is 6.03 Å². The number of hydrogen-bond acceptors (Lipinski definition) is 5. The van der Waals surface area contributed by atoms with Crippen LogP contribution in [-0.4, -0.2) is 78.1 Å². The van der Waals surface area contributed by atoms with Crippen molar-refractivity contribution in [2.75, 3.05) is 39.5 Å². The topological polar surface area (TPSA) is 82.2 Å². The lowest BCUT2D eigenvalue weighted by molar-refractivity contribution is -0.143. The van der Waals surface area contributed by atoms with E-state index in [2.05, 4.69) is 5.32 Å². The van der Waals surface area contributed by atoms with Crippen LogP contribution in [0.4, 0.5) is 4.79 Å². The van der Waals surface area contributed by atoms with Gasteiger partial charge in [-0.05, 0) is 37.5 Å². The Morgan fingerprint density at radius 2 is 1.90 bits per heavy atom. The van der Waals surface area contributed by atoms with Crippen LogP contribution in [0, 0.1) is 0 Å². The highest BCUT2D eigenvalue weighted by molar-refractivity contribution is 6.30. The molecule has 3 fully saturated rings. The lowest BCUT2D eigenvalue weighted by Gasteiger charge is -2.36. The van der Waals surface area contributed by atoms with Crippen molar-refractivity contribution in [2.24, 2.45) is 0 Å². The molecule has 156 valence electrons. The molecule has 0 radical (unpaired) electrons. The van der Waals surface area contributed by atoms with Gasteiger partial charge < -0.3 is 15.0 Å². The van der Waals surface area contributed by atoms with E-state index in [4.69, 9.17) is 16.3 Å². The maximum atomic E-state index is 13.0. The van der Waals surface area contributed by atoms with Crippen LogP contribution in [0.3, 0.4) is 0 Å². The zero-order valence-corrected chi connectivity index (χ0v) is 17.2. The smallest absolute Gasteiger partial charge is 0.326 e. The largest absolute Gasteiger partial charge is 0.368 e. The fourth-order valence-electron chi connectivity index (χ4n) is 4.09. The summed E-state index contributed by atoms with van der Waals surface area (Å²) in [6.07, 6.45) is 1.40. The van der Waals surface area contributed by atoms with Crippen LogP contribution in [-0.2, 0) is 19.9 Å². The first kappa shape index (κ1) is 20.1. The number of nitrogens with one attached hydrogen (secondary N) is 1. The number of carbonyl (C=O) groups is 3. The Labute approximate surface area is 174 Å². The zero-order valence-electron chi connectivity index (χ0n) is 16.4. The second kappa shape index (κ2) is 7.93. The van der Waals surface area contributed by atoms with Crippen molar-refractivity contribution in [1.82, 2.24) is 20.0 Å². The first-order valence-corrected chi connectivity index (χ1v) is 10.3. The quantitative estimate of drug-likeness (QED) is 0.744. The Hall–Kier alpha value is -2.16. The van der Waals surface area contributed by atoms with Crippen molar-refractivity contribution in [2.45, 2.75) is 31.4 Å². The molecule has 3 aliphatic heterocycles. The SMILES string of the molecule is C[C@]1(c2ccc(Cl)cc2)NC(=O)N(CN2CCN(C(=O)[C@H]3CCCO3)CC2)C1=O. The Kier molecular flexibility index (Phi) is 5.50. The molecule has 9 heteroatoms. The maximum Gasteiger partial charge on any atom is 0.326 e. The van der Waals surface area contributed by atoms with Gasteiger partial charge in [-0.2, -0.15) is 0 Å². The predicted molar refractivity (Wildman–Crippen MR) is 106 cm³/mol. The van der Waals surface area contributed by atoms with Crippen molar-refractivity contribution < 1.29 is 19.1 Å². The minimum atomic E-state index is -1.11. The van der Waals surface area contributed by atoms with Crippen LogP contribution in [0.25, 0.3) is 0 Å². The molecular weight excluding hydrogens is 396 g/mol. The molecule has 0 aliphatic carbocycles. The number of piperazine rings is 1. The molecule has 0 unspecified atom stereocenters. The molecular formula is C20H25ClN4O4. The Bertz CT molecular complexity index is 803. The van der Waals surface area contributed by atoms with Crippen LogP contribution in [0.1, 0.15) is 25.3 Å². The third-order valence-corrected chi connectivity index (χ3v) is 6.18. The van der Waals surface area contributed by atoms with Crippen LogP contribution in [0.5, 0.6) is 0 Å². The van der Waals surface area contributed by atoms with Crippen molar-refractivity contribution in [3.63, 3.8) is 0 Å². The summed E-state index contributed by atoms with van der Waals surface area (Å²) < 4.78 is 5.48. The average Bonchev–Trinajstić information content (AvgIpc) is 3.32. The molecule has 0 saturated carbocycles. The van der Waals surface area contributed by atoms with Gasteiger partial charge in [0.15, 0.2) is 0 Å². The minimum Gasteiger partial charge on any atom is -0.368 e. The van der Waals surface area contributed by atoms with Gasteiger partial charge in [0, 0.05) is 37.8 Å². The predicted octanol–water partition coefficient (Wildman–Crippen LogP) is 1.39. The molecule has 1 aromatic rings. The fourth-order valence-corrected chi connectivity index (χ4v) is 4.22. The number of imide groups is 1. The number of nitrogens with zero attached hydrogens (tertiary/aromatic N) is 3. The molecule has 4 rings (SSSR count). The van der Waals surface area contributed by atoms with E-state index in [0.29, 0.717) is 43.4 Å². The highest BCUT2D eigenvalue weighted by atomic mass is 35.5. The number of rotatable bonds is 4. The number of hydrogen-bond donors (Lipinski definition) is 1. The van der Waals surface area contributed by atoms with Gasteiger partial charge in [0.05, 0.1) is 6.67 Å². The van der Waals surface area contributed by atoms with Gasteiger partial charge in [0.25, 0.3) is 11.8 Å². The van der Waals surface area contributed by atoms with E-state index < -0.39 is 11.6 Å². The van der Waals surface area contributed by atoms with Gasteiger partial charge in [-0.1, -0.05) is 23.7 Å². The molecule has 3 saturated heterocycles. The molecule has 3 heterocycles. The maximum absolute atomic E-state index is 13.0. The summed E-state index contributed by atoms with van der Waals surface area (Å²) in [4.78, 5) is 43.1. The lowest BCUT2D eigenvalue weighted by atomic mass is 9.92. The Morgan fingerprint density at radius 3 is 2.52 bits per heavy atom. The third kappa shape index (κ3) is 3.84. The van der Waals surface area contributed by atoms with Gasteiger partial charge in [-0.3, -0.25) is 14.5 Å². The number of ether oxygens (including phenoxy) is 1. The van der Waals surface area contributed by atoms with Crippen LogP contribution in [0.2, 0.25) is 5.02 Å². The Balaban J connectivity index is 1.36.